The van der Waals surface area contributed by atoms with Crippen molar-refractivity contribution in [3.05, 3.63) is 11.3 Å². The number of amides is 1. The van der Waals surface area contributed by atoms with Crippen LogP contribution in [0.2, 0.25) is 0 Å². The van der Waals surface area contributed by atoms with Crippen molar-refractivity contribution < 1.29 is 19.1 Å². The molecule has 5 aliphatic rings. The van der Waals surface area contributed by atoms with Gasteiger partial charge in [-0.25, -0.2) is 0 Å². The third-order valence-electron chi connectivity index (χ3n) is 8.77. The summed E-state index contributed by atoms with van der Waals surface area (Å²) < 4.78 is 5.92. The minimum absolute atomic E-state index is 0.0512. The molecule has 0 aromatic carbocycles. The number of Topliss-reactive ketones (excluding diaryl/α,β-unsaturated/α-hetero) is 2. The molecule has 8 atom stereocenters. The standard InChI is InChI=1S/C22H29NO4/c1-10-9-12-13-5-6-15(25)21(13,3)8-7-14(12)22(4)16(10)17(23-11(2)24)18(26)19-20(22)27-19/h10,12-14,19-20H,5-9H2,1-4H3,(H,23,24)/t10?,12-,13-,14-,19-,20?,21-,22+/m0/s1. The zero-order valence-electron chi connectivity index (χ0n) is 16.6. The number of rotatable bonds is 1. The van der Waals surface area contributed by atoms with E-state index in [9.17, 15) is 14.4 Å². The lowest BCUT2D eigenvalue weighted by atomic mass is 9.45. The Morgan fingerprint density at radius 3 is 2.63 bits per heavy atom. The van der Waals surface area contributed by atoms with E-state index in [1.165, 1.54) is 6.92 Å². The van der Waals surface area contributed by atoms with Crippen molar-refractivity contribution in [1.82, 2.24) is 5.32 Å². The van der Waals surface area contributed by atoms with Crippen LogP contribution in [0, 0.1) is 34.5 Å². The molecule has 3 saturated carbocycles. The summed E-state index contributed by atoms with van der Waals surface area (Å²) in [4.78, 5) is 37.2. The number of carbonyl (C=O) groups is 3. The Balaban J connectivity index is 1.62. The zero-order valence-corrected chi connectivity index (χ0v) is 16.6. The van der Waals surface area contributed by atoms with Crippen molar-refractivity contribution in [2.24, 2.45) is 34.5 Å². The van der Waals surface area contributed by atoms with Crippen molar-refractivity contribution in [3.63, 3.8) is 0 Å². The topological polar surface area (TPSA) is 75.8 Å². The first-order valence-corrected chi connectivity index (χ1v) is 10.4. The van der Waals surface area contributed by atoms with Gasteiger partial charge in [0, 0.05) is 24.2 Å². The molecule has 0 spiro atoms. The molecule has 0 aromatic rings. The van der Waals surface area contributed by atoms with Crippen LogP contribution in [-0.4, -0.2) is 29.7 Å². The first-order chi connectivity index (χ1) is 12.7. The van der Waals surface area contributed by atoms with Crippen molar-refractivity contribution in [3.8, 4) is 0 Å². The number of carbonyl (C=O) groups excluding carboxylic acids is 3. The highest BCUT2D eigenvalue weighted by atomic mass is 16.6. The third kappa shape index (κ3) is 2.07. The van der Waals surface area contributed by atoms with Crippen LogP contribution in [0.3, 0.4) is 0 Å². The fourth-order valence-corrected chi connectivity index (χ4v) is 7.62. The molecule has 5 rings (SSSR count). The zero-order chi connectivity index (χ0) is 19.3. The van der Waals surface area contributed by atoms with Gasteiger partial charge in [0.1, 0.15) is 18.0 Å². The molecule has 0 aromatic heterocycles. The first-order valence-electron chi connectivity index (χ1n) is 10.4. The predicted molar refractivity (Wildman–Crippen MR) is 98.5 cm³/mol. The molecule has 1 heterocycles. The second-order valence-electron chi connectivity index (χ2n) is 10.0. The van der Waals surface area contributed by atoms with Crippen molar-refractivity contribution in [1.29, 1.82) is 0 Å². The number of hydrogen-bond acceptors (Lipinski definition) is 4. The van der Waals surface area contributed by atoms with E-state index >= 15 is 0 Å². The van der Waals surface area contributed by atoms with Crippen LogP contribution in [-0.2, 0) is 19.1 Å². The van der Waals surface area contributed by atoms with Crippen LogP contribution in [0.25, 0.3) is 0 Å². The smallest absolute Gasteiger partial charge is 0.221 e. The van der Waals surface area contributed by atoms with Crippen molar-refractivity contribution >= 4 is 17.5 Å². The molecule has 1 N–H and O–H groups in total. The molecule has 0 radical (unpaired) electrons. The maximum Gasteiger partial charge on any atom is 0.221 e. The van der Waals surface area contributed by atoms with Crippen LogP contribution in [0.15, 0.2) is 11.3 Å². The summed E-state index contributed by atoms with van der Waals surface area (Å²) in [7, 11) is 0. The molecular weight excluding hydrogens is 342 g/mol. The second-order valence-corrected chi connectivity index (χ2v) is 10.0. The number of nitrogens with one attached hydrogen (secondary N) is 1. The number of epoxide rings is 1. The highest BCUT2D eigenvalue weighted by Gasteiger charge is 2.70. The van der Waals surface area contributed by atoms with Gasteiger partial charge in [-0.1, -0.05) is 20.8 Å². The van der Waals surface area contributed by atoms with E-state index in [-0.39, 0.29) is 34.5 Å². The largest absolute Gasteiger partial charge is 0.360 e. The van der Waals surface area contributed by atoms with Gasteiger partial charge >= 0.3 is 0 Å². The van der Waals surface area contributed by atoms with E-state index < -0.39 is 6.10 Å². The Bertz CT molecular complexity index is 800. The quantitative estimate of drug-likeness (QED) is 0.719. The summed E-state index contributed by atoms with van der Waals surface area (Å²) in [6, 6.07) is 0. The summed E-state index contributed by atoms with van der Waals surface area (Å²) in [5.41, 5.74) is 1.24. The Labute approximate surface area is 160 Å². The van der Waals surface area contributed by atoms with Crippen molar-refractivity contribution in [2.45, 2.75) is 72.0 Å². The monoisotopic (exact) mass is 371 g/mol. The van der Waals surface area contributed by atoms with Gasteiger partial charge in [0.25, 0.3) is 0 Å². The van der Waals surface area contributed by atoms with Gasteiger partial charge in [-0.2, -0.15) is 0 Å². The predicted octanol–water partition coefficient (Wildman–Crippen LogP) is 2.78. The number of fused-ring (bicyclic) bond motifs is 7. The van der Waals surface area contributed by atoms with E-state index in [1.54, 1.807) is 0 Å². The molecule has 4 fully saturated rings. The number of ether oxygens (including phenoxy) is 1. The Hall–Kier alpha value is -1.49. The minimum atomic E-state index is -0.398. The summed E-state index contributed by atoms with van der Waals surface area (Å²) in [6.07, 6.45) is 4.21. The van der Waals surface area contributed by atoms with Gasteiger partial charge in [0.05, 0.1) is 5.70 Å². The molecule has 5 heteroatoms. The van der Waals surface area contributed by atoms with Gasteiger partial charge in [0.2, 0.25) is 11.7 Å². The molecule has 0 bridgehead atoms. The lowest BCUT2D eigenvalue weighted by Crippen LogP contribution is -2.56. The molecular formula is C22H29NO4. The molecule has 1 saturated heterocycles. The van der Waals surface area contributed by atoms with E-state index in [1.807, 2.05) is 0 Å². The Morgan fingerprint density at radius 1 is 1.19 bits per heavy atom. The fourth-order valence-electron chi connectivity index (χ4n) is 7.62. The van der Waals surface area contributed by atoms with Crippen molar-refractivity contribution in [2.75, 3.05) is 0 Å². The normalized spacial score (nSPS) is 50.5. The van der Waals surface area contributed by atoms with Crippen LogP contribution in [0.4, 0.5) is 0 Å². The summed E-state index contributed by atoms with van der Waals surface area (Å²) in [5.74, 6) is 1.77. The minimum Gasteiger partial charge on any atom is -0.360 e. The molecule has 1 aliphatic heterocycles. The molecule has 5 nitrogen and oxygen atoms in total. The highest BCUT2D eigenvalue weighted by molar-refractivity contribution is 6.05. The van der Waals surface area contributed by atoms with Crippen LogP contribution in [0.1, 0.15) is 59.8 Å². The van der Waals surface area contributed by atoms with Gasteiger partial charge in [-0.3, -0.25) is 14.4 Å². The molecule has 27 heavy (non-hydrogen) atoms. The summed E-state index contributed by atoms with van der Waals surface area (Å²) >= 11 is 0. The van der Waals surface area contributed by atoms with E-state index in [2.05, 4.69) is 26.1 Å². The number of ketones is 2. The third-order valence-corrected chi connectivity index (χ3v) is 8.77. The van der Waals surface area contributed by atoms with E-state index in [0.29, 0.717) is 29.2 Å². The highest BCUT2D eigenvalue weighted by Crippen LogP contribution is 2.68. The molecule has 4 aliphatic carbocycles. The second kappa shape index (κ2) is 5.31. The summed E-state index contributed by atoms with van der Waals surface area (Å²) in [5, 5.41) is 2.86. The first kappa shape index (κ1) is 17.6. The van der Waals surface area contributed by atoms with Crippen LogP contribution in [0.5, 0.6) is 0 Å². The Kier molecular flexibility index (Phi) is 3.46. The molecule has 146 valence electrons. The maximum atomic E-state index is 12.8. The molecule has 1 amide bonds. The lowest BCUT2D eigenvalue weighted by molar-refractivity contribution is -0.133. The average Bonchev–Trinajstić information content (AvgIpc) is 3.34. The van der Waals surface area contributed by atoms with Gasteiger partial charge in [-0.05, 0) is 54.9 Å². The summed E-state index contributed by atoms with van der Waals surface area (Å²) in [6.45, 7) is 8.09. The average molecular weight is 371 g/mol. The van der Waals surface area contributed by atoms with Gasteiger partial charge in [-0.15, -0.1) is 0 Å². The maximum absolute atomic E-state index is 12.8. The SMILES string of the molecule is CC(=O)NC1=C2C(C)C[C@H]3[C@@H]4CCC(=O)[C@@]4(C)CC[C@@H]3[C@@]2(C)C2O[C@H]2C1=O. The number of hydrogen-bond donors (Lipinski definition) is 1. The molecule has 2 unspecified atom stereocenters. The van der Waals surface area contributed by atoms with Gasteiger partial charge in [0.15, 0.2) is 0 Å². The Morgan fingerprint density at radius 2 is 1.93 bits per heavy atom. The van der Waals surface area contributed by atoms with Crippen LogP contribution < -0.4 is 5.32 Å². The van der Waals surface area contributed by atoms with Crippen LogP contribution >= 0.6 is 0 Å². The van der Waals surface area contributed by atoms with E-state index in [4.69, 9.17) is 4.74 Å². The lowest BCUT2D eigenvalue weighted by Gasteiger charge is -2.58. The fraction of sp³-hybridized carbons (Fsp3) is 0.773. The van der Waals surface area contributed by atoms with E-state index in [0.717, 1.165) is 37.7 Å². The van der Waals surface area contributed by atoms with Gasteiger partial charge < -0.3 is 10.1 Å².